The average Bonchev–Trinajstić information content (AvgIpc) is 2.65. The predicted octanol–water partition coefficient (Wildman–Crippen LogP) is 3.15. The Morgan fingerprint density at radius 3 is 2.50 bits per heavy atom. The van der Waals surface area contributed by atoms with Crippen molar-refractivity contribution in [3.8, 4) is 0 Å². The number of carbonyl (C=O) groups excluding carboxylic acids is 1. The highest BCUT2D eigenvalue weighted by Crippen LogP contribution is 2.23. The Kier molecular flexibility index (Phi) is 5.25. The Labute approximate surface area is 149 Å². The number of benzene rings is 1. The normalized spacial score (nSPS) is 15.1. The number of hydrogen-bond acceptors (Lipinski definition) is 3. The third-order valence-electron chi connectivity index (χ3n) is 4.64. The molecule has 0 radical (unpaired) electrons. The molecule has 3 rings (SSSR count). The molecule has 2 aromatic rings. The van der Waals surface area contributed by atoms with Crippen molar-refractivity contribution in [1.82, 2.24) is 9.88 Å². The van der Waals surface area contributed by atoms with Crippen LogP contribution < -0.4 is 0 Å². The van der Waals surface area contributed by atoms with Crippen LogP contribution in [-0.4, -0.2) is 40.0 Å². The number of likely N-dealkylation sites (tertiary alicyclic amines) is 1. The maximum atomic E-state index is 13.3. The van der Waals surface area contributed by atoms with Crippen LogP contribution in [0.5, 0.6) is 0 Å². The Balaban J connectivity index is 1.59. The molecular weight excluding hydrogens is 342 g/mol. The lowest BCUT2D eigenvalue weighted by atomic mass is 9.90. The van der Waals surface area contributed by atoms with E-state index in [9.17, 15) is 18.4 Å². The van der Waals surface area contributed by atoms with E-state index in [0.29, 0.717) is 25.1 Å². The number of halogens is 2. The average molecular weight is 360 g/mol. The van der Waals surface area contributed by atoms with Gasteiger partial charge in [0.25, 0.3) is 5.91 Å². The van der Waals surface area contributed by atoms with E-state index in [1.165, 1.54) is 24.4 Å². The number of aromatic carboxylic acids is 1. The molecule has 0 aliphatic carbocycles. The number of carboxylic acids is 1. The number of carboxylic acid groups (broad SMARTS) is 1. The molecule has 1 N–H and O–H groups in total. The molecule has 1 aromatic heterocycles. The van der Waals surface area contributed by atoms with Gasteiger partial charge in [-0.25, -0.2) is 18.6 Å². The molecule has 0 unspecified atom stereocenters. The number of amides is 1. The predicted molar refractivity (Wildman–Crippen MR) is 89.9 cm³/mol. The van der Waals surface area contributed by atoms with Crippen LogP contribution in [0.3, 0.4) is 0 Å². The molecule has 0 bridgehead atoms. The molecule has 2 heterocycles. The summed E-state index contributed by atoms with van der Waals surface area (Å²) in [5, 5.41) is 8.98. The highest BCUT2D eigenvalue weighted by molar-refractivity contribution is 5.96. The Morgan fingerprint density at radius 1 is 1.12 bits per heavy atom. The van der Waals surface area contributed by atoms with E-state index in [1.54, 1.807) is 11.0 Å². The highest BCUT2D eigenvalue weighted by atomic mass is 19.2. The Morgan fingerprint density at radius 2 is 1.85 bits per heavy atom. The van der Waals surface area contributed by atoms with Crippen LogP contribution in [0, 0.1) is 17.6 Å². The number of aromatic nitrogens is 1. The number of hydrogen-bond donors (Lipinski definition) is 1. The van der Waals surface area contributed by atoms with E-state index in [4.69, 9.17) is 5.11 Å². The molecule has 26 heavy (non-hydrogen) atoms. The van der Waals surface area contributed by atoms with Crippen molar-refractivity contribution < 1.29 is 23.5 Å². The van der Waals surface area contributed by atoms with Crippen molar-refractivity contribution in [3.63, 3.8) is 0 Å². The summed E-state index contributed by atoms with van der Waals surface area (Å²) in [5.41, 5.74) is 0.884. The highest BCUT2D eigenvalue weighted by Gasteiger charge is 2.24. The van der Waals surface area contributed by atoms with Gasteiger partial charge in [0.1, 0.15) is 5.69 Å². The molecular formula is C19H18F2N2O3. The van der Waals surface area contributed by atoms with Crippen LogP contribution in [0.1, 0.15) is 39.3 Å². The lowest BCUT2D eigenvalue weighted by molar-refractivity contribution is 0.0689. The summed E-state index contributed by atoms with van der Waals surface area (Å²) in [6.45, 7) is 1.08. The topological polar surface area (TPSA) is 70.5 Å². The monoisotopic (exact) mass is 360 g/mol. The summed E-state index contributed by atoms with van der Waals surface area (Å²) < 4.78 is 26.3. The largest absolute Gasteiger partial charge is 0.477 e. The minimum atomic E-state index is -1.18. The van der Waals surface area contributed by atoms with E-state index in [2.05, 4.69) is 4.98 Å². The molecule has 0 saturated carbocycles. The summed E-state index contributed by atoms with van der Waals surface area (Å²) in [6, 6.07) is 6.71. The van der Waals surface area contributed by atoms with Gasteiger partial charge < -0.3 is 10.0 Å². The van der Waals surface area contributed by atoms with Gasteiger partial charge in [-0.2, -0.15) is 0 Å². The van der Waals surface area contributed by atoms with Gasteiger partial charge in [0, 0.05) is 24.8 Å². The van der Waals surface area contributed by atoms with E-state index < -0.39 is 17.6 Å². The van der Waals surface area contributed by atoms with E-state index in [0.717, 1.165) is 24.5 Å². The van der Waals surface area contributed by atoms with Crippen molar-refractivity contribution in [3.05, 3.63) is 65.0 Å². The Bertz CT molecular complexity index is 833. The molecule has 0 spiro atoms. The van der Waals surface area contributed by atoms with E-state index in [-0.39, 0.29) is 17.5 Å². The van der Waals surface area contributed by atoms with Crippen LogP contribution in [-0.2, 0) is 6.42 Å². The maximum Gasteiger partial charge on any atom is 0.354 e. The van der Waals surface area contributed by atoms with Crippen LogP contribution >= 0.6 is 0 Å². The van der Waals surface area contributed by atoms with Gasteiger partial charge in [0.15, 0.2) is 11.6 Å². The minimum Gasteiger partial charge on any atom is -0.477 e. The molecule has 1 aliphatic heterocycles. The van der Waals surface area contributed by atoms with Gasteiger partial charge in [-0.1, -0.05) is 6.07 Å². The van der Waals surface area contributed by atoms with Crippen LogP contribution in [0.15, 0.2) is 36.5 Å². The molecule has 0 atom stereocenters. The van der Waals surface area contributed by atoms with E-state index in [1.807, 2.05) is 0 Å². The minimum absolute atomic E-state index is 0.163. The van der Waals surface area contributed by atoms with Crippen LogP contribution in [0.2, 0.25) is 0 Å². The van der Waals surface area contributed by atoms with Crippen molar-refractivity contribution in [2.75, 3.05) is 13.1 Å². The quantitative estimate of drug-likeness (QED) is 0.909. The van der Waals surface area contributed by atoms with Gasteiger partial charge in [0.05, 0.1) is 0 Å². The first-order chi connectivity index (χ1) is 12.4. The summed E-state index contributed by atoms with van der Waals surface area (Å²) >= 11 is 0. The molecule has 1 saturated heterocycles. The molecule has 5 nitrogen and oxygen atoms in total. The zero-order chi connectivity index (χ0) is 18.7. The first-order valence-electron chi connectivity index (χ1n) is 8.36. The Hall–Kier alpha value is -2.83. The summed E-state index contributed by atoms with van der Waals surface area (Å²) in [7, 11) is 0. The van der Waals surface area contributed by atoms with Crippen LogP contribution in [0.25, 0.3) is 0 Å². The smallest absolute Gasteiger partial charge is 0.354 e. The molecule has 136 valence electrons. The van der Waals surface area contributed by atoms with Gasteiger partial charge >= 0.3 is 5.97 Å². The first-order valence-corrected chi connectivity index (χ1v) is 8.36. The van der Waals surface area contributed by atoms with Crippen molar-refractivity contribution in [2.45, 2.75) is 19.3 Å². The van der Waals surface area contributed by atoms with E-state index >= 15 is 0 Å². The number of rotatable bonds is 4. The zero-order valence-corrected chi connectivity index (χ0v) is 14.0. The number of pyridine rings is 1. The molecule has 1 fully saturated rings. The fourth-order valence-electron chi connectivity index (χ4n) is 3.20. The number of nitrogens with zero attached hydrogens (tertiary/aromatic N) is 2. The van der Waals surface area contributed by atoms with Gasteiger partial charge in [-0.05, 0) is 55.0 Å². The first kappa shape index (κ1) is 18.0. The third-order valence-corrected chi connectivity index (χ3v) is 4.64. The SMILES string of the molecule is O=C(O)c1cc(C(=O)N2CCC(Cc3ccc(F)c(F)c3)CC2)ccn1. The van der Waals surface area contributed by atoms with Crippen molar-refractivity contribution in [2.24, 2.45) is 5.92 Å². The number of piperidine rings is 1. The van der Waals surface area contributed by atoms with Gasteiger partial charge in [0.2, 0.25) is 0 Å². The second-order valence-corrected chi connectivity index (χ2v) is 6.42. The molecule has 1 amide bonds. The molecule has 7 heteroatoms. The number of carbonyl (C=O) groups is 2. The van der Waals surface area contributed by atoms with Crippen molar-refractivity contribution in [1.29, 1.82) is 0 Å². The fraction of sp³-hybridized carbons (Fsp3) is 0.316. The summed E-state index contributed by atoms with van der Waals surface area (Å²) in [5.74, 6) is -2.81. The standard InChI is InChI=1S/C19H18F2N2O3/c20-15-2-1-13(10-16(15)21)9-12-4-7-23(8-5-12)18(24)14-3-6-22-17(11-14)19(25)26/h1-3,6,10-12H,4-5,7-9H2,(H,25,26). The molecule has 1 aromatic carbocycles. The third kappa shape index (κ3) is 4.04. The van der Waals surface area contributed by atoms with Gasteiger partial charge in [-0.3, -0.25) is 4.79 Å². The second kappa shape index (κ2) is 7.59. The lowest BCUT2D eigenvalue weighted by Crippen LogP contribution is -2.39. The second-order valence-electron chi connectivity index (χ2n) is 6.42. The van der Waals surface area contributed by atoms with Gasteiger partial charge in [-0.15, -0.1) is 0 Å². The summed E-state index contributed by atoms with van der Waals surface area (Å²) in [6.07, 6.45) is 3.45. The lowest BCUT2D eigenvalue weighted by Gasteiger charge is -2.32. The van der Waals surface area contributed by atoms with Crippen molar-refractivity contribution >= 4 is 11.9 Å². The zero-order valence-electron chi connectivity index (χ0n) is 14.0. The fourth-order valence-corrected chi connectivity index (χ4v) is 3.20. The maximum absolute atomic E-state index is 13.3. The summed E-state index contributed by atoms with van der Waals surface area (Å²) in [4.78, 5) is 28.9. The molecule has 1 aliphatic rings. The van der Waals surface area contributed by atoms with Crippen LogP contribution in [0.4, 0.5) is 8.78 Å².